The molecule has 4 aliphatic rings. The fourth-order valence-corrected chi connectivity index (χ4v) is 11.2. The number of rotatable bonds is 13. The summed E-state index contributed by atoms with van der Waals surface area (Å²) in [5.74, 6) is -1.42. The van der Waals surface area contributed by atoms with Crippen molar-refractivity contribution in [2.45, 2.75) is 103 Å². The van der Waals surface area contributed by atoms with Crippen molar-refractivity contribution in [3.8, 4) is 33.4 Å². The summed E-state index contributed by atoms with van der Waals surface area (Å²) in [5.41, 5.74) is 11.8. The SMILES string of the molecule is CC1(C)c2ccccc2-c2ccc(C(=O)/C(CC3CCCCC3)=N/OC(=O)c3cccc(-c4c(C(=O)/C(CC5CCCCC5)=N/OC(=O)c5ccccc5)ccc5c4Cc4ccccc4-5)c3)cc21. The predicted molar refractivity (Wildman–Crippen MR) is 267 cm³/mol. The van der Waals surface area contributed by atoms with Crippen LogP contribution in [0.4, 0.5) is 0 Å². The fourth-order valence-electron chi connectivity index (χ4n) is 11.2. The Morgan fingerprint density at radius 1 is 0.515 bits per heavy atom. The third kappa shape index (κ3) is 8.92. The molecule has 0 unspecified atom stereocenters. The highest BCUT2D eigenvalue weighted by molar-refractivity contribution is 6.47. The van der Waals surface area contributed by atoms with Gasteiger partial charge in [0.2, 0.25) is 11.6 Å². The van der Waals surface area contributed by atoms with Gasteiger partial charge in [0.1, 0.15) is 11.4 Å². The second-order valence-corrected chi connectivity index (χ2v) is 19.6. The second kappa shape index (κ2) is 19.3. The van der Waals surface area contributed by atoms with Gasteiger partial charge in [-0.2, -0.15) is 0 Å². The molecule has 0 spiro atoms. The Bertz CT molecular complexity index is 3000. The summed E-state index contributed by atoms with van der Waals surface area (Å²) in [6, 6.07) is 42.1. The molecule has 0 bridgehead atoms. The minimum atomic E-state index is -0.706. The minimum Gasteiger partial charge on any atom is -0.312 e. The molecular weight excluding hydrogens is 845 g/mol. The molecule has 8 heteroatoms. The molecule has 342 valence electrons. The molecule has 4 aliphatic carbocycles. The smallest absolute Gasteiger partial charge is 0.312 e. The van der Waals surface area contributed by atoms with Crippen molar-refractivity contribution in [2.24, 2.45) is 22.1 Å². The normalized spacial score (nSPS) is 16.6. The number of fused-ring (bicyclic) bond motifs is 6. The van der Waals surface area contributed by atoms with Gasteiger partial charge in [0.25, 0.3) is 0 Å². The zero-order chi connectivity index (χ0) is 46.8. The molecule has 0 N–H and O–H groups in total. The molecule has 68 heavy (non-hydrogen) atoms. The van der Waals surface area contributed by atoms with E-state index in [1.165, 1.54) is 17.5 Å². The number of benzene rings is 6. The van der Waals surface area contributed by atoms with Crippen LogP contribution in [0, 0.1) is 11.8 Å². The number of hydrogen-bond donors (Lipinski definition) is 0. The molecule has 0 atom stereocenters. The van der Waals surface area contributed by atoms with E-state index >= 15 is 4.79 Å². The number of nitrogens with zero attached hydrogens (tertiary/aromatic N) is 2. The van der Waals surface area contributed by atoms with E-state index in [0.717, 1.165) is 91.2 Å². The van der Waals surface area contributed by atoms with E-state index in [2.05, 4.69) is 54.5 Å². The van der Waals surface area contributed by atoms with Gasteiger partial charge in [0.05, 0.1) is 11.1 Å². The number of Topliss-reactive ketones (excluding diaryl/α,β-unsaturated/α-hetero) is 2. The van der Waals surface area contributed by atoms with E-state index in [1.54, 1.807) is 42.5 Å². The Balaban J connectivity index is 0.985. The first-order valence-electron chi connectivity index (χ1n) is 24.4. The van der Waals surface area contributed by atoms with Gasteiger partial charge in [-0.3, -0.25) is 9.59 Å². The summed E-state index contributed by atoms with van der Waals surface area (Å²) in [7, 11) is 0. The largest absolute Gasteiger partial charge is 0.365 e. The van der Waals surface area contributed by atoms with Gasteiger partial charge in [-0.1, -0.05) is 185 Å². The van der Waals surface area contributed by atoms with Crippen molar-refractivity contribution in [1.29, 1.82) is 0 Å². The lowest BCUT2D eigenvalue weighted by molar-refractivity contribution is 0.0504. The highest BCUT2D eigenvalue weighted by Crippen LogP contribution is 2.49. The van der Waals surface area contributed by atoms with Crippen molar-refractivity contribution in [1.82, 2.24) is 0 Å². The van der Waals surface area contributed by atoms with E-state index in [-0.39, 0.29) is 45.8 Å². The van der Waals surface area contributed by atoms with Crippen molar-refractivity contribution >= 4 is 34.9 Å². The molecule has 0 amide bonds. The van der Waals surface area contributed by atoms with E-state index in [0.29, 0.717) is 47.1 Å². The van der Waals surface area contributed by atoms with Crippen LogP contribution in [0.25, 0.3) is 33.4 Å². The number of carbonyl (C=O) groups is 4. The van der Waals surface area contributed by atoms with Crippen molar-refractivity contribution in [2.75, 3.05) is 0 Å². The van der Waals surface area contributed by atoms with Crippen LogP contribution in [0.2, 0.25) is 0 Å². The molecule has 2 fully saturated rings. The highest BCUT2D eigenvalue weighted by Gasteiger charge is 2.36. The van der Waals surface area contributed by atoms with Crippen LogP contribution < -0.4 is 0 Å². The number of hydrogen-bond acceptors (Lipinski definition) is 8. The summed E-state index contributed by atoms with van der Waals surface area (Å²) < 4.78 is 0. The first-order valence-corrected chi connectivity index (χ1v) is 24.4. The predicted octanol–water partition coefficient (Wildman–Crippen LogP) is 14.0. The third-order valence-electron chi connectivity index (χ3n) is 14.9. The summed E-state index contributed by atoms with van der Waals surface area (Å²) in [6.45, 7) is 4.38. The van der Waals surface area contributed by atoms with Crippen LogP contribution in [0.3, 0.4) is 0 Å². The van der Waals surface area contributed by atoms with Gasteiger partial charge in [-0.05, 0) is 123 Å². The lowest BCUT2D eigenvalue weighted by atomic mass is 9.81. The Morgan fingerprint density at radius 3 is 1.79 bits per heavy atom. The number of ketones is 2. The monoisotopic (exact) mass is 900 g/mol. The Labute approximate surface area is 398 Å². The maximum atomic E-state index is 15.1. The Morgan fingerprint density at radius 2 is 1.09 bits per heavy atom. The number of carbonyl (C=O) groups excluding carboxylic acids is 4. The maximum absolute atomic E-state index is 15.1. The van der Waals surface area contributed by atoms with Crippen molar-refractivity contribution in [3.63, 3.8) is 0 Å². The van der Waals surface area contributed by atoms with E-state index < -0.39 is 11.9 Å². The lowest BCUT2D eigenvalue weighted by Gasteiger charge is -2.23. The molecule has 6 aromatic rings. The molecule has 0 radical (unpaired) electrons. The van der Waals surface area contributed by atoms with Gasteiger partial charge in [0, 0.05) is 16.5 Å². The molecule has 8 nitrogen and oxygen atoms in total. The summed E-state index contributed by atoms with van der Waals surface area (Å²) in [4.78, 5) is 68.3. The minimum absolute atomic E-state index is 0.189. The number of oxime groups is 2. The van der Waals surface area contributed by atoms with Crippen LogP contribution in [-0.4, -0.2) is 34.9 Å². The van der Waals surface area contributed by atoms with Gasteiger partial charge in [-0.15, -0.1) is 0 Å². The third-order valence-corrected chi connectivity index (χ3v) is 14.9. The lowest BCUT2D eigenvalue weighted by Crippen LogP contribution is -2.22. The molecule has 6 aromatic carbocycles. The van der Waals surface area contributed by atoms with E-state index in [1.807, 2.05) is 60.7 Å². The van der Waals surface area contributed by atoms with Crippen molar-refractivity contribution < 1.29 is 28.9 Å². The second-order valence-electron chi connectivity index (χ2n) is 19.6. The van der Waals surface area contributed by atoms with E-state index in [9.17, 15) is 14.4 Å². The first-order chi connectivity index (χ1) is 33.1. The standard InChI is InChI=1S/C60H56N2O6/c1-60(2)51-28-15-14-27-47(51)48-30-29-43(37-52(48)60)56(63)53(33-38-17-6-3-7-18-38)61-68-59(66)44-25-16-24-42(35-44)55-49(32-31-46-45-26-13-12-23-41(45)36-50(46)55)57(64)54(34-39-19-8-4-9-20-39)62-67-58(65)40-21-10-5-11-22-40/h5,10-16,21-32,35,37-39H,3-4,6-9,17-20,33-34,36H2,1-2H3/b61-53+,62-54+. The molecule has 0 aliphatic heterocycles. The van der Waals surface area contributed by atoms with Gasteiger partial charge >= 0.3 is 11.9 Å². The van der Waals surface area contributed by atoms with Crippen LogP contribution >= 0.6 is 0 Å². The van der Waals surface area contributed by atoms with Crippen LogP contribution in [0.1, 0.15) is 155 Å². The maximum Gasteiger partial charge on any atom is 0.365 e. The average Bonchev–Trinajstić information content (AvgIpc) is 3.87. The van der Waals surface area contributed by atoms with Crippen LogP contribution in [-0.2, 0) is 21.5 Å². The van der Waals surface area contributed by atoms with Gasteiger partial charge in [-0.25, -0.2) is 9.59 Å². The zero-order valence-corrected chi connectivity index (χ0v) is 38.9. The quantitative estimate of drug-likeness (QED) is 0.0493. The Hall–Kier alpha value is -7.06. The summed E-state index contributed by atoms with van der Waals surface area (Å²) in [6.07, 6.45) is 11.9. The topological polar surface area (TPSA) is 111 Å². The van der Waals surface area contributed by atoms with Crippen LogP contribution in [0.15, 0.2) is 144 Å². The van der Waals surface area contributed by atoms with Crippen LogP contribution in [0.5, 0.6) is 0 Å². The Kier molecular flexibility index (Phi) is 12.7. The zero-order valence-electron chi connectivity index (χ0n) is 38.9. The summed E-state index contributed by atoms with van der Waals surface area (Å²) in [5, 5.41) is 8.75. The van der Waals surface area contributed by atoms with E-state index in [4.69, 9.17) is 9.68 Å². The molecule has 0 aromatic heterocycles. The molecular formula is C60H56N2O6. The van der Waals surface area contributed by atoms with Crippen molar-refractivity contribution in [3.05, 3.63) is 178 Å². The average molecular weight is 901 g/mol. The highest BCUT2D eigenvalue weighted by atomic mass is 16.7. The molecule has 0 saturated heterocycles. The molecule has 0 heterocycles. The fraction of sp³-hybridized carbons (Fsp3) is 0.300. The molecule has 2 saturated carbocycles. The molecule has 10 rings (SSSR count). The van der Waals surface area contributed by atoms with Gasteiger partial charge in [0.15, 0.2) is 0 Å². The summed E-state index contributed by atoms with van der Waals surface area (Å²) >= 11 is 0. The van der Waals surface area contributed by atoms with Gasteiger partial charge < -0.3 is 9.68 Å². The first kappa shape index (κ1) is 44.8.